The zero-order valence-electron chi connectivity index (χ0n) is 10.8. The molecule has 1 aliphatic rings. The second kappa shape index (κ2) is 5.26. The number of rotatable bonds is 4. The molecule has 0 amide bonds. The number of nitrogens with zero attached hydrogens (tertiary/aromatic N) is 2. The Labute approximate surface area is 110 Å². The number of ether oxygens (including phenoxy) is 1. The lowest BCUT2D eigenvalue weighted by molar-refractivity contribution is -0.109. The van der Waals surface area contributed by atoms with Crippen LogP contribution in [0.2, 0.25) is 0 Å². The number of anilines is 1. The molecule has 3 N–H and O–H groups in total. The number of nitrogen functional groups attached to an aromatic ring is 1. The van der Waals surface area contributed by atoms with Crippen molar-refractivity contribution in [3.8, 4) is 0 Å². The summed E-state index contributed by atoms with van der Waals surface area (Å²) in [6.45, 7) is 1.66. The molecule has 1 aromatic rings. The fraction of sp³-hybridized carbons (Fsp3) is 0.667. The minimum atomic E-state index is -1.36. The van der Waals surface area contributed by atoms with E-state index in [-0.39, 0.29) is 18.8 Å². The van der Waals surface area contributed by atoms with Gasteiger partial charge in [-0.1, -0.05) is 13.3 Å². The maximum atomic E-state index is 14.1. The summed E-state index contributed by atoms with van der Waals surface area (Å²) >= 11 is 0. The van der Waals surface area contributed by atoms with Crippen molar-refractivity contribution in [3.05, 3.63) is 22.7 Å². The van der Waals surface area contributed by atoms with Crippen LogP contribution in [0.25, 0.3) is 0 Å². The van der Waals surface area contributed by atoms with E-state index in [9.17, 15) is 14.3 Å². The molecule has 6 nitrogen and oxygen atoms in total. The lowest BCUT2D eigenvalue weighted by Gasteiger charge is -2.26. The molecule has 2 rings (SSSR count). The van der Waals surface area contributed by atoms with E-state index >= 15 is 0 Å². The van der Waals surface area contributed by atoms with Gasteiger partial charge in [0.25, 0.3) is 0 Å². The van der Waals surface area contributed by atoms with Gasteiger partial charge in [0, 0.05) is 12.6 Å². The van der Waals surface area contributed by atoms with Crippen LogP contribution in [-0.4, -0.2) is 33.0 Å². The van der Waals surface area contributed by atoms with Crippen LogP contribution >= 0.6 is 0 Å². The summed E-state index contributed by atoms with van der Waals surface area (Å²) in [6, 6.07) is 1.41. The maximum Gasteiger partial charge on any atom is 0.351 e. The molecule has 3 unspecified atom stereocenters. The summed E-state index contributed by atoms with van der Waals surface area (Å²) < 4.78 is 20.8. The summed E-state index contributed by atoms with van der Waals surface area (Å²) in [5.74, 6) is 0.0802. The SMILES string of the molecule is CCCC1(CO)CC(F)C(n2ccc(N)nc2=O)O1. The minimum absolute atomic E-state index is 0.0683. The molecule has 1 saturated heterocycles. The topological polar surface area (TPSA) is 90.4 Å². The monoisotopic (exact) mass is 271 g/mol. The normalized spacial score (nSPS) is 30.7. The lowest BCUT2D eigenvalue weighted by Crippen LogP contribution is -2.35. The summed E-state index contributed by atoms with van der Waals surface area (Å²) in [5.41, 5.74) is 3.82. The van der Waals surface area contributed by atoms with E-state index in [1.54, 1.807) is 0 Å². The molecule has 1 fully saturated rings. The maximum absolute atomic E-state index is 14.1. The van der Waals surface area contributed by atoms with E-state index < -0.39 is 23.7 Å². The largest absolute Gasteiger partial charge is 0.393 e. The molecule has 0 spiro atoms. The van der Waals surface area contributed by atoms with Gasteiger partial charge in [-0.3, -0.25) is 4.57 Å². The molecule has 19 heavy (non-hydrogen) atoms. The molecule has 1 aromatic heterocycles. The van der Waals surface area contributed by atoms with Crippen LogP contribution in [-0.2, 0) is 4.74 Å². The Morgan fingerprint density at radius 1 is 1.74 bits per heavy atom. The van der Waals surface area contributed by atoms with E-state index in [2.05, 4.69) is 4.98 Å². The smallest absolute Gasteiger partial charge is 0.351 e. The van der Waals surface area contributed by atoms with Gasteiger partial charge in [0.15, 0.2) is 6.23 Å². The van der Waals surface area contributed by atoms with Gasteiger partial charge in [0.2, 0.25) is 0 Å². The molecular formula is C12H18FN3O3. The zero-order valence-corrected chi connectivity index (χ0v) is 10.8. The Bertz CT molecular complexity index is 507. The Kier molecular flexibility index (Phi) is 3.86. The van der Waals surface area contributed by atoms with E-state index in [1.807, 2.05) is 6.92 Å². The highest BCUT2D eigenvalue weighted by atomic mass is 19.1. The van der Waals surface area contributed by atoms with Gasteiger partial charge in [0.1, 0.15) is 12.0 Å². The highest BCUT2D eigenvalue weighted by molar-refractivity contribution is 5.23. The van der Waals surface area contributed by atoms with E-state index in [0.29, 0.717) is 6.42 Å². The van der Waals surface area contributed by atoms with Crippen molar-refractivity contribution in [2.75, 3.05) is 12.3 Å². The fourth-order valence-electron chi connectivity index (χ4n) is 2.48. The van der Waals surface area contributed by atoms with Crippen LogP contribution in [0.1, 0.15) is 32.4 Å². The van der Waals surface area contributed by atoms with Gasteiger partial charge in [-0.25, -0.2) is 9.18 Å². The number of halogens is 1. The molecule has 0 aliphatic carbocycles. The third kappa shape index (κ3) is 2.62. The molecule has 0 bridgehead atoms. The highest BCUT2D eigenvalue weighted by Crippen LogP contribution is 2.40. The van der Waals surface area contributed by atoms with Gasteiger partial charge in [-0.2, -0.15) is 4.98 Å². The molecule has 7 heteroatoms. The molecular weight excluding hydrogens is 253 g/mol. The molecule has 1 aliphatic heterocycles. The predicted molar refractivity (Wildman–Crippen MR) is 67.3 cm³/mol. The number of aromatic nitrogens is 2. The van der Waals surface area contributed by atoms with Crippen LogP contribution < -0.4 is 11.4 Å². The number of aliphatic hydroxyl groups excluding tert-OH is 1. The predicted octanol–water partition coefficient (Wildman–Crippen LogP) is 0.614. The second-order valence-corrected chi connectivity index (χ2v) is 4.86. The fourth-order valence-corrected chi connectivity index (χ4v) is 2.48. The summed E-state index contributed by atoms with van der Waals surface area (Å²) in [5, 5.41) is 9.43. The highest BCUT2D eigenvalue weighted by Gasteiger charge is 2.47. The summed E-state index contributed by atoms with van der Waals surface area (Å²) in [4.78, 5) is 15.2. The standard InChI is InChI=1S/C12H18FN3O3/c1-2-4-12(7-17)6-8(13)10(19-12)16-5-3-9(14)15-11(16)18/h3,5,8,10,17H,2,4,6-7H2,1H3,(H2,14,15,18). The summed E-state index contributed by atoms with van der Waals surface area (Å²) in [6.07, 6.45) is 0.313. The average Bonchev–Trinajstić information content (AvgIpc) is 2.68. The number of hydrogen-bond donors (Lipinski definition) is 2. The average molecular weight is 271 g/mol. The van der Waals surface area contributed by atoms with Crippen molar-refractivity contribution in [2.24, 2.45) is 0 Å². The number of nitrogens with two attached hydrogens (primary N) is 1. The number of hydrogen-bond acceptors (Lipinski definition) is 5. The van der Waals surface area contributed by atoms with Crippen LogP contribution in [0.5, 0.6) is 0 Å². The quantitative estimate of drug-likeness (QED) is 0.837. The Hall–Kier alpha value is -1.47. The molecule has 0 aromatic carbocycles. The van der Waals surface area contributed by atoms with Crippen molar-refractivity contribution in [1.29, 1.82) is 0 Å². The minimum Gasteiger partial charge on any atom is -0.393 e. The van der Waals surface area contributed by atoms with Crippen molar-refractivity contribution in [3.63, 3.8) is 0 Å². The lowest BCUT2D eigenvalue weighted by atomic mass is 9.95. The van der Waals surface area contributed by atoms with Gasteiger partial charge in [-0.05, 0) is 12.5 Å². The van der Waals surface area contributed by atoms with Crippen LogP contribution in [0.3, 0.4) is 0 Å². The first-order chi connectivity index (χ1) is 9.01. The molecule has 0 saturated carbocycles. The number of alkyl halides is 1. The molecule has 0 radical (unpaired) electrons. The third-order valence-electron chi connectivity index (χ3n) is 3.37. The number of aliphatic hydroxyl groups is 1. The van der Waals surface area contributed by atoms with Gasteiger partial charge in [0.05, 0.1) is 12.2 Å². The Morgan fingerprint density at radius 2 is 2.47 bits per heavy atom. The van der Waals surface area contributed by atoms with Crippen molar-refractivity contribution in [1.82, 2.24) is 9.55 Å². The third-order valence-corrected chi connectivity index (χ3v) is 3.37. The van der Waals surface area contributed by atoms with Gasteiger partial charge in [-0.15, -0.1) is 0 Å². The first-order valence-electron chi connectivity index (χ1n) is 6.29. The molecule has 106 valence electrons. The first-order valence-corrected chi connectivity index (χ1v) is 6.29. The second-order valence-electron chi connectivity index (χ2n) is 4.86. The van der Waals surface area contributed by atoms with Gasteiger partial charge >= 0.3 is 5.69 Å². The van der Waals surface area contributed by atoms with E-state index in [1.165, 1.54) is 12.3 Å². The van der Waals surface area contributed by atoms with Crippen molar-refractivity contribution < 1.29 is 14.2 Å². The van der Waals surface area contributed by atoms with Crippen LogP contribution in [0, 0.1) is 0 Å². The Balaban J connectivity index is 2.29. The molecule has 3 atom stereocenters. The first kappa shape index (κ1) is 14.0. The summed E-state index contributed by atoms with van der Waals surface area (Å²) in [7, 11) is 0. The molecule has 2 heterocycles. The van der Waals surface area contributed by atoms with Gasteiger partial charge < -0.3 is 15.6 Å². The van der Waals surface area contributed by atoms with E-state index in [0.717, 1.165) is 11.0 Å². The zero-order chi connectivity index (χ0) is 14.0. The van der Waals surface area contributed by atoms with Crippen molar-refractivity contribution >= 4 is 5.82 Å². The van der Waals surface area contributed by atoms with Crippen LogP contribution in [0.4, 0.5) is 10.2 Å². The van der Waals surface area contributed by atoms with Crippen LogP contribution in [0.15, 0.2) is 17.1 Å². The van der Waals surface area contributed by atoms with Crippen molar-refractivity contribution in [2.45, 2.75) is 44.2 Å². The van der Waals surface area contributed by atoms with E-state index in [4.69, 9.17) is 10.5 Å². The Morgan fingerprint density at radius 3 is 3.05 bits per heavy atom.